The van der Waals surface area contributed by atoms with Crippen molar-refractivity contribution >= 4 is 17.7 Å². The molecule has 0 aromatic rings. The van der Waals surface area contributed by atoms with Crippen molar-refractivity contribution in [1.82, 2.24) is 5.32 Å². The van der Waals surface area contributed by atoms with Crippen molar-refractivity contribution in [3.05, 3.63) is 0 Å². The van der Waals surface area contributed by atoms with Crippen LogP contribution in [0.25, 0.3) is 0 Å². The molecule has 0 spiro atoms. The fraction of sp³-hybridized carbons (Fsp3) is 0.875. The largest absolute Gasteiger partial charge is 0.388 e. The summed E-state index contributed by atoms with van der Waals surface area (Å²) in [5, 5.41) is 39.9. The Bertz CT molecular complexity index is 239. The van der Waals surface area contributed by atoms with Crippen LogP contribution >= 0.6 is 11.8 Å². The van der Waals surface area contributed by atoms with Gasteiger partial charge in [0, 0.05) is 6.42 Å². The first-order valence-electron chi connectivity index (χ1n) is 4.64. The molecule has 88 valence electrons. The van der Waals surface area contributed by atoms with Crippen LogP contribution in [-0.4, -0.2) is 55.5 Å². The van der Waals surface area contributed by atoms with E-state index in [2.05, 4.69) is 5.32 Å². The lowest BCUT2D eigenvalue weighted by atomic mass is 10.1. The first kappa shape index (κ1) is 12.7. The Morgan fingerprint density at radius 2 is 1.80 bits per heavy atom. The summed E-state index contributed by atoms with van der Waals surface area (Å²) in [6, 6.07) is -0.958. The van der Waals surface area contributed by atoms with E-state index < -0.39 is 29.1 Å². The molecular weight excluding hydrogens is 222 g/mol. The summed E-state index contributed by atoms with van der Waals surface area (Å²) in [7, 11) is 0. The molecule has 5 N–H and O–H groups in total. The molecule has 15 heavy (non-hydrogen) atoms. The van der Waals surface area contributed by atoms with Gasteiger partial charge in [0.25, 0.3) is 0 Å². The van der Waals surface area contributed by atoms with Gasteiger partial charge in [0.05, 0.1) is 6.04 Å². The Morgan fingerprint density at radius 1 is 1.20 bits per heavy atom. The lowest BCUT2D eigenvalue weighted by molar-refractivity contribution is -0.125. The topological polar surface area (TPSA) is 110 Å². The number of nitrogens with one attached hydrogen (secondary N) is 1. The van der Waals surface area contributed by atoms with Crippen molar-refractivity contribution < 1.29 is 25.2 Å². The minimum Gasteiger partial charge on any atom is -0.388 e. The molecule has 0 bridgehead atoms. The van der Waals surface area contributed by atoms with Gasteiger partial charge in [0.2, 0.25) is 5.91 Å². The van der Waals surface area contributed by atoms with E-state index in [-0.39, 0.29) is 12.3 Å². The molecule has 5 atom stereocenters. The number of hydrogen-bond donors (Lipinski definition) is 5. The zero-order valence-corrected chi connectivity index (χ0v) is 9.02. The highest BCUT2D eigenvalue weighted by Gasteiger charge is 2.43. The van der Waals surface area contributed by atoms with Crippen molar-refractivity contribution in [3.8, 4) is 0 Å². The number of carbonyl (C=O) groups is 1. The quantitative estimate of drug-likeness (QED) is 0.379. The monoisotopic (exact) mass is 237 g/mol. The van der Waals surface area contributed by atoms with Crippen LogP contribution in [0.3, 0.4) is 0 Å². The molecule has 0 aromatic carbocycles. The van der Waals surface area contributed by atoms with Gasteiger partial charge in [-0.25, -0.2) is 0 Å². The molecule has 1 fully saturated rings. The van der Waals surface area contributed by atoms with Crippen molar-refractivity contribution in [2.75, 3.05) is 0 Å². The van der Waals surface area contributed by atoms with Crippen LogP contribution in [0.4, 0.5) is 0 Å². The molecule has 1 heterocycles. The maximum atomic E-state index is 11.1. The number of thioether (sulfide) groups is 1. The van der Waals surface area contributed by atoms with Crippen LogP contribution < -0.4 is 5.32 Å². The second kappa shape index (κ2) is 5.13. The standard InChI is InChI=1S/C8H15NO5S/c1-2-3(10)9-4-5(11)6(12)8(14)15-7(4)13/h4-8,11-14H,2H2,1H3,(H,9,10)/t4-,5-,6+,7?,8+/m1/s1. The maximum absolute atomic E-state index is 11.1. The van der Waals surface area contributed by atoms with Crippen LogP contribution in [0.5, 0.6) is 0 Å². The summed E-state index contributed by atoms with van der Waals surface area (Å²) < 4.78 is 0. The number of rotatable bonds is 2. The number of amides is 1. The van der Waals surface area contributed by atoms with Crippen molar-refractivity contribution in [2.45, 2.75) is 42.5 Å². The Balaban J connectivity index is 2.65. The number of hydrogen-bond acceptors (Lipinski definition) is 6. The third kappa shape index (κ3) is 2.82. The molecule has 6 nitrogen and oxygen atoms in total. The van der Waals surface area contributed by atoms with Crippen LogP contribution in [0.2, 0.25) is 0 Å². The zero-order chi connectivity index (χ0) is 11.6. The van der Waals surface area contributed by atoms with E-state index in [4.69, 9.17) is 0 Å². The third-order valence-electron chi connectivity index (χ3n) is 2.24. The second-order valence-electron chi connectivity index (χ2n) is 3.35. The van der Waals surface area contributed by atoms with Gasteiger partial charge in [-0.05, 0) is 0 Å². The molecule has 1 unspecified atom stereocenters. The number of carbonyl (C=O) groups excluding carboxylic acids is 1. The predicted octanol–water partition coefficient (Wildman–Crippen LogP) is -2.01. The molecule has 0 radical (unpaired) electrons. The molecule has 1 aliphatic rings. The fourth-order valence-electron chi connectivity index (χ4n) is 1.30. The van der Waals surface area contributed by atoms with E-state index in [1.165, 1.54) is 0 Å². The van der Waals surface area contributed by atoms with E-state index in [0.29, 0.717) is 11.8 Å². The molecule has 1 aliphatic heterocycles. The molecule has 0 aromatic heterocycles. The van der Waals surface area contributed by atoms with Crippen molar-refractivity contribution in [1.29, 1.82) is 0 Å². The Kier molecular flexibility index (Phi) is 4.35. The molecular formula is C8H15NO5S. The average molecular weight is 237 g/mol. The minimum absolute atomic E-state index is 0.221. The van der Waals surface area contributed by atoms with Gasteiger partial charge >= 0.3 is 0 Å². The summed E-state index contributed by atoms with van der Waals surface area (Å²) in [5.41, 5.74) is -2.38. The lowest BCUT2D eigenvalue weighted by Crippen LogP contribution is -2.60. The summed E-state index contributed by atoms with van der Waals surface area (Å²) in [6.07, 6.45) is -2.52. The molecule has 0 aliphatic carbocycles. The van der Waals surface area contributed by atoms with Gasteiger partial charge in [0.15, 0.2) is 0 Å². The third-order valence-corrected chi connectivity index (χ3v) is 3.37. The van der Waals surface area contributed by atoms with E-state index >= 15 is 0 Å². The van der Waals surface area contributed by atoms with Gasteiger partial charge in [-0.1, -0.05) is 18.7 Å². The maximum Gasteiger partial charge on any atom is 0.220 e. The zero-order valence-electron chi connectivity index (χ0n) is 8.20. The molecule has 1 rings (SSSR count). The van der Waals surface area contributed by atoms with E-state index in [9.17, 15) is 25.2 Å². The van der Waals surface area contributed by atoms with E-state index in [1.54, 1.807) is 6.92 Å². The normalized spacial score (nSPS) is 41.3. The first-order chi connectivity index (χ1) is 6.97. The molecule has 1 saturated heterocycles. The highest BCUT2D eigenvalue weighted by molar-refractivity contribution is 8.00. The smallest absolute Gasteiger partial charge is 0.220 e. The van der Waals surface area contributed by atoms with Crippen LogP contribution in [0, 0.1) is 0 Å². The predicted molar refractivity (Wildman–Crippen MR) is 53.8 cm³/mol. The first-order valence-corrected chi connectivity index (χ1v) is 5.58. The fourth-order valence-corrected chi connectivity index (χ4v) is 2.31. The molecule has 1 amide bonds. The molecule has 0 saturated carbocycles. The SMILES string of the molecule is CCC(=O)N[C@H]1C(O)S[C@H](O)[C@@H](O)[C@@H]1O. The summed E-state index contributed by atoms with van der Waals surface area (Å²) in [5.74, 6) is -0.331. The summed E-state index contributed by atoms with van der Waals surface area (Å²) >= 11 is 0.700. The van der Waals surface area contributed by atoms with Gasteiger partial charge in [0.1, 0.15) is 23.1 Å². The van der Waals surface area contributed by atoms with Gasteiger partial charge < -0.3 is 25.7 Å². The van der Waals surface area contributed by atoms with Crippen LogP contribution in [0.1, 0.15) is 13.3 Å². The highest BCUT2D eigenvalue weighted by Crippen LogP contribution is 2.29. The van der Waals surface area contributed by atoms with Gasteiger partial charge in [-0.2, -0.15) is 0 Å². The van der Waals surface area contributed by atoms with Gasteiger partial charge in [-0.3, -0.25) is 4.79 Å². The van der Waals surface area contributed by atoms with Gasteiger partial charge in [-0.15, -0.1) is 0 Å². The van der Waals surface area contributed by atoms with Crippen molar-refractivity contribution in [2.24, 2.45) is 0 Å². The Hall–Kier alpha value is -0.340. The second-order valence-corrected chi connectivity index (χ2v) is 4.58. The van der Waals surface area contributed by atoms with E-state index in [1.807, 2.05) is 0 Å². The average Bonchev–Trinajstić information content (AvgIpc) is 2.21. The van der Waals surface area contributed by atoms with Crippen molar-refractivity contribution in [3.63, 3.8) is 0 Å². The van der Waals surface area contributed by atoms with Crippen LogP contribution in [-0.2, 0) is 4.79 Å². The molecule has 7 heteroatoms. The summed E-state index contributed by atoms with van der Waals surface area (Å²) in [4.78, 5) is 11.1. The number of aliphatic hydroxyl groups is 4. The minimum atomic E-state index is -1.37. The highest BCUT2D eigenvalue weighted by atomic mass is 32.2. The lowest BCUT2D eigenvalue weighted by Gasteiger charge is -2.38. The Labute approximate surface area is 91.3 Å². The number of aliphatic hydroxyl groups excluding tert-OH is 4. The Morgan fingerprint density at radius 3 is 2.33 bits per heavy atom. The van der Waals surface area contributed by atoms with Crippen LogP contribution in [0.15, 0.2) is 0 Å². The summed E-state index contributed by atoms with van der Waals surface area (Å²) in [6.45, 7) is 1.63. The van der Waals surface area contributed by atoms with E-state index in [0.717, 1.165) is 0 Å².